The molecule has 0 radical (unpaired) electrons. The van der Waals surface area contributed by atoms with Gasteiger partial charge in [-0.2, -0.15) is 0 Å². The van der Waals surface area contributed by atoms with Crippen LogP contribution in [0.4, 0.5) is 0 Å². The molecule has 4 aliphatic carbocycles. The maximum absolute atomic E-state index is 10.2. The van der Waals surface area contributed by atoms with Crippen molar-refractivity contribution in [3.05, 3.63) is 23.3 Å². The summed E-state index contributed by atoms with van der Waals surface area (Å²) in [5.74, 6) is 4.97. The van der Waals surface area contributed by atoms with Gasteiger partial charge in [-0.15, -0.1) is 0 Å². The van der Waals surface area contributed by atoms with Crippen LogP contribution in [0, 0.1) is 46.3 Å². The molecule has 1 unspecified atom stereocenters. The normalized spacial score (nSPS) is 43.7. The SMILES string of the molecule is CC(C)[C@@H](C)CC[C@@H](C)C1CC[C@H]2C3=CC=C4C[C@@H](O)CC[C@]4(C)[C@H]3CC[C@]12C. The van der Waals surface area contributed by atoms with Crippen molar-refractivity contribution in [2.75, 3.05) is 0 Å². The third-order valence-corrected chi connectivity index (χ3v) is 10.5. The van der Waals surface area contributed by atoms with Gasteiger partial charge in [0, 0.05) is 0 Å². The van der Waals surface area contributed by atoms with Gasteiger partial charge in [0.1, 0.15) is 0 Å². The van der Waals surface area contributed by atoms with Crippen LogP contribution in [-0.4, -0.2) is 11.2 Å². The highest BCUT2D eigenvalue weighted by atomic mass is 16.3. The fraction of sp³-hybridized carbons (Fsp3) is 0.857. The molecule has 1 N–H and O–H groups in total. The lowest BCUT2D eigenvalue weighted by molar-refractivity contribution is 0.0317. The molecule has 3 saturated carbocycles. The average molecular weight is 399 g/mol. The van der Waals surface area contributed by atoms with E-state index in [4.69, 9.17) is 0 Å². The summed E-state index contributed by atoms with van der Waals surface area (Å²) in [6, 6.07) is 0. The van der Waals surface area contributed by atoms with E-state index in [1.165, 1.54) is 44.9 Å². The molecule has 0 saturated heterocycles. The van der Waals surface area contributed by atoms with E-state index >= 15 is 0 Å². The molecular formula is C28H46O. The van der Waals surface area contributed by atoms with Crippen LogP contribution in [0.15, 0.2) is 23.3 Å². The molecular weight excluding hydrogens is 352 g/mol. The van der Waals surface area contributed by atoms with Crippen molar-refractivity contribution in [2.45, 2.75) is 105 Å². The largest absolute Gasteiger partial charge is 0.393 e. The quantitative estimate of drug-likeness (QED) is 0.506. The molecule has 4 rings (SSSR count). The highest BCUT2D eigenvalue weighted by molar-refractivity contribution is 5.38. The van der Waals surface area contributed by atoms with Gasteiger partial charge in [-0.3, -0.25) is 0 Å². The van der Waals surface area contributed by atoms with Crippen molar-refractivity contribution in [1.82, 2.24) is 0 Å². The fourth-order valence-electron chi connectivity index (χ4n) is 8.02. The number of fused-ring (bicyclic) bond motifs is 5. The van der Waals surface area contributed by atoms with E-state index < -0.39 is 0 Å². The second-order valence-corrected chi connectivity index (χ2v) is 12.3. The summed E-state index contributed by atoms with van der Waals surface area (Å²) >= 11 is 0. The van der Waals surface area contributed by atoms with Crippen LogP contribution in [0.2, 0.25) is 0 Å². The van der Waals surface area contributed by atoms with Gasteiger partial charge >= 0.3 is 0 Å². The van der Waals surface area contributed by atoms with Crippen LogP contribution < -0.4 is 0 Å². The molecule has 1 nitrogen and oxygen atoms in total. The average Bonchev–Trinajstić information content (AvgIpc) is 3.03. The first-order chi connectivity index (χ1) is 13.7. The molecule has 1 heteroatoms. The van der Waals surface area contributed by atoms with Crippen molar-refractivity contribution in [2.24, 2.45) is 46.3 Å². The highest BCUT2D eigenvalue weighted by Gasteiger charge is 2.56. The Hall–Kier alpha value is -0.560. The van der Waals surface area contributed by atoms with Gasteiger partial charge in [0.25, 0.3) is 0 Å². The summed E-state index contributed by atoms with van der Waals surface area (Å²) in [6.45, 7) is 14.9. The summed E-state index contributed by atoms with van der Waals surface area (Å²) in [4.78, 5) is 0. The van der Waals surface area contributed by atoms with Gasteiger partial charge in [-0.05, 0) is 91.3 Å². The van der Waals surface area contributed by atoms with E-state index in [-0.39, 0.29) is 6.10 Å². The minimum atomic E-state index is -0.108. The van der Waals surface area contributed by atoms with Crippen molar-refractivity contribution in [1.29, 1.82) is 0 Å². The predicted octanol–water partition coefficient (Wildman–Crippen LogP) is 7.55. The monoisotopic (exact) mass is 398 g/mol. The lowest BCUT2D eigenvalue weighted by Gasteiger charge is -2.55. The van der Waals surface area contributed by atoms with Crippen LogP contribution in [0.25, 0.3) is 0 Å². The van der Waals surface area contributed by atoms with Crippen LogP contribution in [-0.2, 0) is 0 Å². The fourth-order valence-corrected chi connectivity index (χ4v) is 8.02. The van der Waals surface area contributed by atoms with E-state index in [1.54, 1.807) is 11.1 Å². The maximum Gasteiger partial charge on any atom is 0.0578 e. The Bertz CT molecular complexity index is 672. The van der Waals surface area contributed by atoms with Crippen LogP contribution >= 0.6 is 0 Å². The molecule has 0 aliphatic heterocycles. The molecule has 4 aliphatic rings. The van der Waals surface area contributed by atoms with Crippen LogP contribution in [0.1, 0.15) is 99.3 Å². The van der Waals surface area contributed by atoms with Gasteiger partial charge in [0.05, 0.1) is 6.10 Å². The van der Waals surface area contributed by atoms with Crippen LogP contribution in [0.3, 0.4) is 0 Å². The Morgan fingerprint density at radius 1 is 0.931 bits per heavy atom. The molecule has 0 aromatic carbocycles. The Morgan fingerprint density at radius 3 is 2.41 bits per heavy atom. The molecule has 0 aromatic rings. The molecule has 0 bridgehead atoms. The third-order valence-electron chi connectivity index (χ3n) is 10.5. The van der Waals surface area contributed by atoms with Crippen LogP contribution in [0.5, 0.6) is 0 Å². The minimum absolute atomic E-state index is 0.108. The van der Waals surface area contributed by atoms with Crippen molar-refractivity contribution >= 4 is 0 Å². The summed E-state index contributed by atoms with van der Waals surface area (Å²) in [7, 11) is 0. The smallest absolute Gasteiger partial charge is 0.0578 e. The summed E-state index contributed by atoms with van der Waals surface area (Å²) in [5.41, 5.74) is 4.17. The maximum atomic E-state index is 10.2. The lowest BCUT2D eigenvalue weighted by atomic mass is 9.50. The molecule has 0 spiro atoms. The van der Waals surface area contributed by atoms with Gasteiger partial charge < -0.3 is 5.11 Å². The van der Waals surface area contributed by atoms with Gasteiger partial charge in [-0.1, -0.05) is 77.7 Å². The topological polar surface area (TPSA) is 20.2 Å². The number of aliphatic hydroxyl groups is 1. The first-order valence-corrected chi connectivity index (χ1v) is 12.8. The van der Waals surface area contributed by atoms with Gasteiger partial charge in [-0.25, -0.2) is 0 Å². The van der Waals surface area contributed by atoms with E-state index in [1.807, 2.05) is 0 Å². The minimum Gasteiger partial charge on any atom is -0.393 e. The third kappa shape index (κ3) is 3.58. The first-order valence-electron chi connectivity index (χ1n) is 12.8. The summed E-state index contributed by atoms with van der Waals surface area (Å²) in [5, 5.41) is 10.2. The van der Waals surface area contributed by atoms with E-state index in [0.717, 1.165) is 48.3 Å². The van der Waals surface area contributed by atoms with Gasteiger partial charge in [0.2, 0.25) is 0 Å². The zero-order valence-electron chi connectivity index (χ0n) is 20.0. The first kappa shape index (κ1) is 21.7. The van der Waals surface area contributed by atoms with E-state index in [2.05, 4.69) is 53.7 Å². The molecule has 0 amide bonds. The number of hydrogen-bond acceptors (Lipinski definition) is 1. The molecule has 29 heavy (non-hydrogen) atoms. The Morgan fingerprint density at radius 2 is 1.69 bits per heavy atom. The van der Waals surface area contributed by atoms with E-state index in [9.17, 15) is 5.11 Å². The van der Waals surface area contributed by atoms with Crippen molar-refractivity contribution in [3.63, 3.8) is 0 Å². The zero-order valence-corrected chi connectivity index (χ0v) is 20.0. The molecule has 0 heterocycles. The second kappa shape index (κ2) is 7.85. The summed E-state index contributed by atoms with van der Waals surface area (Å²) in [6.07, 6.45) is 16.4. The predicted molar refractivity (Wildman–Crippen MR) is 124 cm³/mol. The van der Waals surface area contributed by atoms with Crippen molar-refractivity contribution < 1.29 is 5.11 Å². The number of hydrogen-bond donors (Lipinski definition) is 1. The highest BCUT2D eigenvalue weighted by Crippen LogP contribution is 2.66. The molecule has 0 aromatic heterocycles. The molecule has 3 fully saturated rings. The Kier molecular flexibility index (Phi) is 5.86. The summed E-state index contributed by atoms with van der Waals surface area (Å²) < 4.78 is 0. The second-order valence-electron chi connectivity index (χ2n) is 12.3. The standard InChI is InChI=1S/C28H46O/c1-18(2)19(3)7-8-20(4)24-11-12-25-23-10-9-21-17-22(29)13-15-27(21,5)26(23)14-16-28(24,25)6/h9-10,18-20,22,24-26,29H,7-8,11-17H2,1-6H3/t19-,20+,22-,24?,25-,26-,27-,28+/m0/s1. The van der Waals surface area contributed by atoms with Crippen molar-refractivity contribution in [3.8, 4) is 0 Å². The van der Waals surface area contributed by atoms with E-state index in [0.29, 0.717) is 10.8 Å². The number of allylic oxidation sites excluding steroid dienone is 3. The molecule has 164 valence electrons. The Labute approximate surface area is 180 Å². The zero-order chi connectivity index (χ0) is 21.0. The lowest BCUT2D eigenvalue weighted by Crippen LogP contribution is -2.46. The van der Waals surface area contributed by atoms with Gasteiger partial charge in [0.15, 0.2) is 0 Å². The number of rotatable bonds is 5. The Balaban J connectivity index is 1.52. The number of aliphatic hydroxyl groups excluding tert-OH is 1. The molecule has 8 atom stereocenters.